The fourth-order valence-electron chi connectivity index (χ4n) is 3.33. The maximum Gasteiger partial charge on any atom is 0.159 e. The van der Waals surface area contributed by atoms with E-state index in [4.69, 9.17) is 16.6 Å². The molecular formula is C24H18ClN5S. The van der Waals surface area contributed by atoms with E-state index in [-0.39, 0.29) is 0 Å². The maximum absolute atomic E-state index is 6.07. The molecule has 3 heterocycles. The van der Waals surface area contributed by atoms with E-state index in [9.17, 15) is 0 Å². The lowest BCUT2D eigenvalue weighted by atomic mass is 10.1. The molecule has 0 aliphatic heterocycles. The highest BCUT2D eigenvalue weighted by Gasteiger charge is 2.19. The number of aromatic nitrogens is 5. The zero-order valence-corrected chi connectivity index (χ0v) is 18.3. The van der Waals surface area contributed by atoms with Crippen LogP contribution in [0.15, 0.2) is 102 Å². The summed E-state index contributed by atoms with van der Waals surface area (Å²) in [4.78, 5) is 14.7. The Hall–Kier alpha value is -3.35. The Balaban J connectivity index is 1.60. The largest absolute Gasteiger partial charge is 0.320 e. The van der Waals surface area contributed by atoms with Gasteiger partial charge in [0.1, 0.15) is 16.4 Å². The fourth-order valence-corrected chi connectivity index (χ4v) is 4.44. The van der Waals surface area contributed by atoms with Crippen molar-refractivity contribution < 1.29 is 0 Å². The predicted octanol–water partition coefficient (Wildman–Crippen LogP) is 6.14. The van der Waals surface area contributed by atoms with Crippen LogP contribution in [0.5, 0.6) is 0 Å². The molecule has 0 saturated heterocycles. The molecule has 152 valence electrons. The van der Waals surface area contributed by atoms with Crippen molar-refractivity contribution in [3.05, 3.63) is 96.7 Å². The quantitative estimate of drug-likeness (QED) is 0.327. The van der Waals surface area contributed by atoms with Crippen LogP contribution in [0.2, 0.25) is 5.02 Å². The lowest BCUT2D eigenvalue weighted by Gasteiger charge is -2.08. The molecule has 2 aromatic carbocycles. The van der Waals surface area contributed by atoms with Gasteiger partial charge in [-0.1, -0.05) is 41.6 Å². The summed E-state index contributed by atoms with van der Waals surface area (Å²) in [6, 6.07) is 22.0. The van der Waals surface area contributed by atoms with Crippen LogP contribution in [-0.4, -0.2) is 24.1 Å². The number of hydrogen-bond donors (Lipinski definition) is 0. The number of halogens is 1. The lowest BCUT2D eigenvalue weighted by molar-refractivity contribution is 0.831. The summed E-state index contributed by atoms with van der Waals surface area (Å²) in [7, 11) is 2.03. The van der Waals surface area contributed by atoms with Gasteiger partial charge in [0.05, 0.1) is 6.33 Å². The molecule has 0 N–H and O–H groups in total. The van der Waals surface area contributed by atoms with Crippen molar-refractivity contribution in [2.24, 2.45) is 7.05 Å². The van der Waals surface area contributed by atoms with Gasteiger partial charge in [0.25, 0.3) is 0 Å². The van der Waals surface area contributed by atoms with Gasteiger partial charge in [0.15, 0.2) is 5.82 Å². The molecule has 7 heteroatoms. The second-order valence-electron chi connectivity index (χ2n) is 6.94. The van der Waals surface area contributed by atoms with Gasteiger partial charge < -0.3 is 9.13 Å². The molecule has 5 rings (SSSR count). The van der Waals surface area contributed by atoms with E-state index < -0.39 is 0 Å². The highest BCUT2D eigenvalue weighted by Crippen LogP contribution is 2.38. The first-order valence-corrected chi connectivity index (χ1v) is 10.9. The summed E-state index contributed by atoms with van der Waals surface area (Å²) in [5.41, 5.74) is 3.84. The van der Waals surface area contributed by atoms with Gasteiger partial charge in [0.2, 0.25) is 0 Å². The highest BCUT2D eigenvalue weighted by atomic mass is 35.5. The van der Waals surface area contributed by atoms with Gasteiger partial charge in [-0.3, -0.25) is 4.98 Å². The minimum Gasteiger partial charge on any atom is -0.320 e. The van der Waals surface area contributed by atoms with E-state index in [1.165, 1.54) is 0 Å². The van der Waals surface area contributed by atoms with Gasteiger partial charge in [0, 0.05) is 46.8 Å². The number of rotatable bonds is 5. The Morgan fingerprint density at radius 3 is 2.39 bits per heavy atom. The first-order chi connectivity index (χ1) is 15.2. The number of nitrogens with zero attached hydrogens (tertiary/aromatic N) is 5. The molecule has 3 aromatic heterocycles. The van der Waals surface area contributed by atoms with Crippen LogP contribution in [0.25, 0.3) is 28.5 Å². The third-order valence-electron chi connectivity index (χ3n) is 4.91. The highest BCUT2D eigenvalue weighted by molar-refractivity contribution is 7.99. The van der Waals surface area contributed by atoms with Crippen LogP contribution in [0, 0.1) is 0 Å². The van der Waals surface area contributed by atoms with Gasteiger partial charge in [-0.2, -0.15) is 0 Å². The molecule has 0 atom stereocenters. The second kappa shape index (κ2) is 8.41. The van der Waals surface area contributed by atoms with Crippen LogP contribution in [0.1, 0.15) is 0 Å². The number of hydrogen-bond acceptors (Lipinski definition) is 4. The predicted molar refractivity (Wildman–Crippen MR) is 125 cm³/mol. The Labute approximate surface area is 189 Å². The second-order valence-corrected chi connectivity index (χ2v) is 8.43. The van der Waals surface area contributed by atoms with E-state index in [0.717, 1.165) is 43.4 Å². The van der Waals surface area contributed by atoms with Crippen LogP contribution < -0.4 is 0 Å². The van der Waals surface area contributed by atoms with E-state index in [0.29, 0.717) is 0 Å². The lowest BCUT2D eigenvalue weighted by Crippen LogP contribution is -1.96. The molecule has 5 nitrogen and oxygen atoms in total. The van der Waals surface area contributed by atoms with Gasteiger partial charge in [-0.25, -0.2) is 9.97 Å². The van der Waals surface area contributed by atoms with E-state index in [1.54, 1.807) is 30.5 Å². The molecule has 0 amide bonds. The smallest absolute Gasteiger partial charge is 0.159 e. The average Bonchev–Trinajstić information content (AvgIpc) is 3.45. The Morgan fingerprint density at radius 2 is 1.71 bits per heavy atom. The molecule has 31 heavy (non-hydrogen) atoms. The molecule has 0 radical (unpaired) electrons. The van der Waals surface area contributed by atoms with Gasteiger partial charge >= 0.3 is 0 Å². The van der Waals surface area contributed by atoms with Crippen molar-refractivity contribution in [3.63, 3.8) is 0 Å². The molecule has 0 saturated carbocycles. The normalized spacial score (nSPS) is 11.0. The van der Waals surface area contributed by atoms with Gasteiger partial charge in [-0.05, 0) is 48.5 Å². The average molecular weight is 444 g/mol. The first kappa shape index (κ1) is 19.6. The Bertz CT molecular complexity index is 1300. The zero-order valence-electron chi connectivity index (χ0n) is 16.7. The fraction of sp³-hybridized carbons (Fsp3) is 0.0417. The van der Waals surface area contributed by atoms with Crippen LogP contribution in [0.4, 0.5) is 0 Å². The molecule has 0 unspecified atom stereocenters. The standard InChI is InChI=1S/C24H18ClN5S/c1-29-23(21-4-2-3-13-27-21)28-22(24(29)31-20-11-7-18(25)8-12-20)17-5-9-19(10-6-17)30-15-14-26-16-30/h2-16H,1H3. The van der Waals surface area contributed by atoms with Crippen LogP contribution in [0.3, 0.4) is 0 Å². The molecule has 0 aliphatic carbocycles. The van der Waals surface area contributed by atoms with Crippen molar-refractivity contribution in [1.29, 1.82) is 0 Å². The Morgan fingerprint density at radius 1 is 0.903 bits per heavy atom. The molecular weight excluding hydrogens is 426 g/mol. The summed E-state index contributed by atoms with van der Waals surface area (Å²) in [5, 5.41) is 1.76. The maximum atomic E-state index is 6.07. The number of pyridine rings is 1. The summed E-state index contributed by atoms with van der Waals surface area (Å²) in [6.45, 7) is 0. The monoisotopic (exact) mass is 443 g/mol. The summed E-state index contributed by atoms with van der Waals surface area (Å²) in [6.07, 6.45) is 7.27. The van der Waals surface area contributed by atoms with Crippen molar-refractivity contribution in [3.8, 4) is 28.5 Å². The molecule has 0 fully saturated rings. The summed E-state index contributed by atoms with van der Waals surface area (Å²) >= 11 is 7.73. The molecule has 0 spiro atoms. The van der Waals surface area contributed by atoms with E-state index in [1.807, 2.05) is 60.3 Å². The number of imidazole rings is 2. The van der Waals surface area contributed by atoms with Crippen molar-refractivity contribution in [2.45, 2.75) is 9.92 Å². The minimum absolute atomic E-state index is 0.721. The van der Waals surface area contributed by atoms with Gasteiger partial charge in [-0.15, -0.1) is 0 Å². The number of benzene rings is 2. The SMILES string of the molecule is Cn1c(-c2ccccn2)nc(-c2ccc(-n3ccnc3)cc2)c1Sc1ccc(Cl)cc1. The molecule has 0 aliphatic rings. The van der Waals surface area contributed by atoms with E-state index in [2.05, 4.69) is 38.8 Å². The summed E-state index contributed by atoms with van der Waals surface area (Å²) < 4.78 is 4.08. The molecule has 0 bridgehead atoms. The van der Waals surface area contributed by atoms with Crippen molar-refractivity contribution in [1.82, 2.24) is 24.1 Å². The van der Waals surface area contributed by atoms with Crippen LogP contribution >= 0.6 is 23.4 Å². The zero-order chi connectivity index (χ0) is 21.2. The van der Waals surface area contributed by atoms with Crippen LogP contribution in [-0.2, 0) is 7.05 Å². The van der Waals surface area contributed by atoms with Crippen molar-refractivity contribution >= 4 is 23.4 Å². The Kier molecular flexibility index (Phi) is 5.32. The molecule has 5 aromatic rings. The third kappa shape index (κ3) is 4.00. The topological polar surface area (TPSA) is 48.5 Å². The summed E-state index contributed by atoms with van der Waals surface area (Å²) in [5.74, 6) is 0.825. The minimum atomic E-state index is 0.721. The third-order valence-corrected chi connectivity index (χ3v) is 6.33. The first-order valence-electron chi connectivity index (χ1n) is 9.69. The van der Waals surface area contributed by atoms with Crippen molar-refractivity contribution in [2.75, 3.05) is 0 Å². The van der Waals surface area contributed by atoms with E-state index >= 15 is 0 Å².